The standard InChI is InChI=1S/C10H13BrN2O2/c1-6-4-8(11)9(12-5-6)13-7(2)10(14)15-3/h4-5,7H,1-3H3,(H,12,13). The second-order valence-electron chi connectivity index (χ2n) is 3.23. The van der Waals surface area contributed by atoms with Gasteiger partial charge in [0.25, 0.3) is 0 Å². The highest BCUT2D eigenvalue weighted by Gasteiger charge is 2.14. The molecule has 82 valence electrons. The van der Waals surface area contributed by atoms with Crippen LogP contribution in [-0.4, -0.2) is 24.1 Å². The van der Waals surface area contributed by atoms with E-state index in [-0.39, 0.29) is 5.97 Å². The number of hydrogen-bond acceptors (Lipinski definition) is 4. The fraction of sp³-hybridized carbons (Fsp3) is 0.400. The Bertz CT molecular complexity index is 368. The number of aryl methyl sites for hydroxylation is 1. The lowest BCUT2D eigenvalue weighted by atomic mass is 10.3. The summed E-state index contributed by atoms with van der Waals surface area (Å²) in [5.41, 5.74) is 1.05. The third-order valence-electron chi connectivity index (χ3n) is 1.89. The predicted octanol–water partition coefficient (Wildman–Crippen LogP) is 2.13. The zero-order valence-corrected chi connectivity index (χ0v) is 10.5. The number of nitrogens with one attached hydrogen (secondary N) is 1. The van der Waals surface area contributed by atoms with E-state index in [1.165, 1.54) is 7.11 Å². The van der Waals surface area contributed by atoms with Crippen molar-refractivity contribution in [3.05, 3.63) is 22.3 Å². The number of carbonyl (C=O) groups is 1. The highest BCUT2D eigenvalue weighted by Crippen LogP contribution is 2.21. The van der Waals surface area contributed by atoms with Gasteiger partial charge in [0.1, 0.15) is 11.9 Å². The van der Waals surface area contributed by atoms with E-state index in [1.807, 2.05) is 13.0 Å². The van der Waals surface area contributed by atoms with Gasteiger partial charge in [0.2, 0.25) is 0 Å². The largest absolute Gasteiger partial charge is 0.467 e. The van der Waals surface area contributed by atoms with Gasteiger partial charge < -0.3 is 10.1 Å². The molecule has 1 rings (SSSR count). The minimum atomic E-state index is -0.415. The van der Waals surface area contributed by atoms with E-state index in [0.717, 1.165) is 10.0 Å². The Hall–Kier alpha value is -1.10. The normalized spacial score (nSPS) is 12.0. The molecule has 1 aromatic heterocycles. The average molecular weight is 273 g/mol. The van der Waals surface area contributed by atoms with E-state index in [4.69, 9.17) is 0 Å². The smallest absolute Gasteiger partial charge is 0.328 e. The summed E-state index contributed by atoms with van der Waals surface area (Å²) in [5.74, 6) is 0.322. The topological polar surface area (TPSA) is 51.2 Å². The number of esters is 1. The Morgan fingerprint density at radius 1 is 1.67 bits per heavy atom. The van der Waals surface area contributed by atoms with Crippen LogP contribution in [0.3, 0.4) is 0 Å². The maximum atomic E-state index is 11.2. The van der Waals surface area contributed by atoms with Gasteiger partial charge in [-0.25, -0.2) is 9.78 Å². The van der Waals surface area contributed by atoms with Crippen LogP contribution in [0.15, 0.2) is 16.7 Å². The summed E-state index contributed by atoms with van der Waals surface area (Å²) in [4.78, 5) is 15.3. The lowest BCUT2D eigenvalue weighted by Gasteiger charge is -2.13. The van der Waals surface area contributed by atoms with Gasteiger partial charge in [-0.1, -0.05) is 0 Å². The van der Waals surface area contributed by atoms with Crippen molar-refractivity contribution < 1.29 is 9.53 Å². The summed E-state index contributed by atoms with van der Waals surface area (Å²) in [6.45, 7) is 3.67. The summed E-state index contributed by atoms with van der Waals surface area (Å²) in [5, 5.41) is 2.96. The molecule has 0 radical (unpaired) electrons. The summed E-state index contributed by atoms with van der Waals surface area (Å²) < 4.78 is 5.43. The Labute approximate surface area is 97.2 Å². The number of methoxy groups -OCH3 is 1. The molecule has 1 heterocycles. The van der Waals surface area contributed by atoms with Gasteiger partial charge in [0, 0.05) is 6.20 Å². The first-order valence-corrected chi connectivity index (χ1v) is 5.30. The minimum absolute atomic E-state index is 0.315. The molecular weight excluding hydrogens is 260 g/mol. The van der Waals surface area contributed by atoms with Crippen molar-refractivity contribution in [3.63, 3.8) is 0 Å². The quantitative estimate of drug-likeness (QED) is 0.857. The van der Waals surface area contributed by atoms with Gasteiger partial charge in [-0.2, -0.15) is 0 Å². The molecule has 0 saturated carbocycles. The number of pyridine rings is 1. The molecule has 5 heteroatoms. The Kier molecular flexibility index (Phi) is 4.08. The van der Waals surface area contributed by atoms with Crippen LogP contribution in [-0.2, 0) is 9.53 Å². The number of rotatable bonds is 3. The first-order chi connectivity index (χ1) is 7.04. The number of ether oxygens (including phenoxy) is 1. The third-order valence-corrected chi connectivity index (χ3v) is 2.49. The maximum absolute atomic E-state index is 11.2. The van der Waals surface area contributed by atoms with Crippen LogP contribution < -0.4 is 5.32 Å². The van der Waals surface area contributed by atoms with Crippen LogP contribution in [0.5, 0.6) is 0 Å². The molecule has 1 aromatic rings. The zero-order valence-electron chi connectivity index (χ0n) is 8.87. The molecule has 0 aliphatic carbocycles. The predicted molar refractivity (Wildman–Crippen MR) is 61.8 cm³/mol. The molecule has 0 bridgehead atoms. The van der Waals surface area contributed by atoms with Crippen molar-refractivity contribution in [3.8, 4) is 0 Å². The minimum Gasteiger partial charge on any atom is -0.467 e. The Morgan fingerprint density at radius 2 is 2.33 bits per heavy atom. The monoisotopic (exact) mass is 272 g/mol. The molecule has 15 heavy (non-hydrogen) atoms. The van der Waals surface area contributed by atoms with E-state index in [9.17, 15) is 4.79 Å². The lowest BCUT2D eigenvalue weighted by Crippen LogP contribution is -2.27. The fourth-order valence-electron chi connectivity index (χ4n) is 1.08. The van der Waals surface area contributed by atoms with Crippen molar-refractivity contribution in [2.24, 2.45) is 0 Å². The number of nitrogens with zero attached hydrogens (tertiary/aromatic N) is 1. The van der Waals surface area contributed by atoms with Gasteiger partial charge in [-0.05, 0) is 41.4 Å². The summed E-state index contributed by atoms with van der Waals surface area (Å²) in [6.07, 6.45) is 1.73. The van der Waals surface area contributed by atoms with E-state index in [0.29, 0.717) is 5.82 Å². The van der Waals surface area contributed by atoms with Crippen molar-refractivity contribution in [2.75, 3.05) is 12.4 Å². The summed E-state index contributed by atoms with van der Waals surface area (Å²) in [6, 6.07) is 1.51. The Balaban J connectivity index is 2.76. The van der Waals surface area contributed by atoms with Crippen molar-refractivity contribution in [2.45, 2.75) is 19.9 Å². The molecule has 1 atom stereocenters. The highest BCUT2D eigenvalue weighted by molar-refractivity contribution is 9.10. The van der Waals surface area contributed by atoms with Gasteiger partial charge in [-0.3, -0.25) is 0 Å². The van der Waals surface area contributed by atoms with Crippen LogP contribution in [0.25, 0.3) is 0 Å². The fourth-order valence-corrected chi connectivity index (χ4v) is 1.66. The first kappa shape index (κ1) is 12.0. The molecule has 0 fully saturated rings. The maximum Gasteiger partial charge on any atom is 0.328 e. The van der Waals surface area contributed by atoms with E-state index in [1.54, 1.807) is 13.1 Å². The molecule has 0 aliphatic rings. The van der Waals surface area contributed by atoms with Crippen molar-refractivity contribution >= 4 is 27.7 Å². The van der Waals surface area contributed by atoms with Gasteiger partial charge >= 0.3 is 5.97 Å². The molecule has 4 nitrogen and oxygen atoms in total. The number of anilines is 1. The van der Waals surface area contributed by atoms with Crippen molar-refractivity contribution in [1.29, 1.82) is 0 Å². The van der Waals surface area contributed by atoms with Crippen LogP contribution in [0.1, 0.15) is 12.5 Å². The van der Waals surface area contributed by atoms with E-state index in [2.05, 4.69) is 31.0 Å². The second kappa shape index (κ2) is 5.11. The third kappa shape index (κ3) is 3.20. The molecule has 1 unspecified atom stereocenters. The van der Waals surface area contributed by atoms with Gasteiger partial charge in [0.05, 0.1) is 11.6 Å². The Morgan fingerprint density at radius 3 is 2.87 bits per heavy atom. The first-order valence-electron chi connectivity index (χ1n) is 4.51. The van der Waals surface area contributed by atoms with Crippen LogP contribution in [0.2, 0.25) is 0 Å². The molecule has 0 amide bonds. The average Bonchev–Trinajstić information content (AvgIpc) is 2.20. The van der Waals surface area contributed by atoms with Crippen LogP contribution in [0.4, 0.5) is 5.82 Å². The van der Waals surface area contributed by atoms with E-state index >= 15 is 0 Å². The number of halogens is 1. The van der Waals surface area contributed by atoms with Crippen molar-refractivity contribution in [1.82, 2.24) is 4.98 Å². The molecule has 0 spiro atoms. The second-order valence-corrected chi connectivity index (χ2v) is 4.09. The molecular formula is C10H13BrN2O2. The zero-order chi connectivity index (χ0) is 11.4. The number of carbonyl (C=O) groups excluding carboxylic acids is 1. The molecule has 0 aromatic carbocycles. The molecule has 1 N–H and O–H groups in total. The van der Waals surface area contributed by atoms with Gasteiger partial charge in [-0.15, -0.1) is 0 Å². The summed E-state index contributed by atoms with van der Waals surface area (Å²) in [7, 11) is 1.36. The van der Waals surface area contributed by atoms with E-state index < -0.39 is 6.04 Å². The number of hydrogen-bond donors (Lipinski definition) is 1. The summed E-state index contributed by atoms with van der Waals surface area (Å²) >= 11 is 3.37. The molecule has 0 aliphatic heterocycles. The highest BCUT2D eigenvalue weighted by atomic mass is 79.9. The van der Waals surface area contributed by atoms with Crippen LogP contribution in [0, 0.1) is 6.92 Å². The number of aromatic nitrogens is 1. The molecule has 0 saturated heterocycles. The lowest BCUT2D eigenvalue weighted by molar-refractivity contribution is -0.141. The van der Waals surface area contributed by atoms with Gasteiger partial charge in [0.15, 0.2) is 0 Å². The van der Waals surface area contributed by atoms with Crippen LogP contribution >= 0.6 is 15.9 Å². The SMILES string of the molecule is COC(=O)C(C)Nc1ncc(C)cc1Br.